The van der Waals surface area contributed by atoms with Crippen LogP contribution in [-0.2, 0) is 4.74 Å². The third kappa shape index (κ3) is 3.26. The number of aliphatic hydroxyl groups excluding tert-OH is 1. The molecule has 1 N–H and O–H groups in total. The average molecular weight is 263 g/mol. The van der Waals surface area contributed by atoms with E-state index in [9.17, 15) is 9.90 Å². The van der Waals surface area contributed by atoms with E-state index in [1.807, 2.05) is 51.1 Å². The fourth-order valence-electron chi connectivity index (χ4n) is 2.36. The molecule has 1 aromatic carbocycles. The number of likely N-dealkylation sites (tertiary alicyclic amines) is 1. The van der Waals surface area contributed by atoms with Crippen LogP contribution in [0.15, 0.2) is 30.3 Å². The standard InChI is InChI=1S/C15H21NO3/c1-15(2,3)19-14(18)16-12(9-10-13(16)17)11-7-5-4-6-8-11/h4-8,12-13,17H,9-10H2,1-3H3/t12-,13?/m1/s1. The molecule has 1 aliphatic rings. The average Bonchev–Trinajstić information content (AvgIpc) is 2.70. The maximum atomic E-state index is 12.2. The van der Waals surface area contributed by atoms with Gasteiger partial charge in [-0.15, -0.1) is 0 Å². The van der Waals surface area contributed by atoms with Gasteiger partial charge in [-0.2, -0.15) is 0 Å². The minimum Gasteiger partial charge on any atom is -0.444 e. The van der Waals surface area contributed by atoms with Gasteiger partial charge in [0, 0.05) is 0 Å². The van der Waals surface area contributed by atoms with E-state index >= 15 is 0 Å². The molecule has 2 rings (SSSR count). The Bertz CT molecular complexity index is 438. The summed E-state index contributed by atoms with van der Waals surface area (Å²) >= 11 is 0. The molecule has 2 atom stereocenters. The largest absolute Gasteiger partial charge is 0.444 e. The van der Waals surface area contributed by atoms with Crippen molar-refractivity contribution < 1.29 is 14.6 Å². The maximum absolute atomic E-state index is 12.2. The van der Waals surface area contributed by atoms with Crippen molar-refractivity contribution in [3.05, 3.63) is 35.9 Å². The van der Waals surface area contributed by atoms with Crippen molar-refractivity contribution in [1.82, 2.24) is 4.90 Å². The summed E-state index contributed by atoms with van der Waals surface area (Å²) < 4.78 is 5.37. The summed E-state index contributed by atoms with van der Waals surface area (Å²) in [5, 5.41) is 10.0. The Labute approximate surface area is 114 Å². The van der Waals surface area contributed by atoms with Crippen molar-refractivity contribution in [3.8, 4) is 0 Å². The number of hydrogen-bond acceptors (Lipinski definition) is 3. The van der Waals surface area contributed by atoms with Crippen LogP contribution in [-0.4, -0.2) is 27.9 Å². The van der Waals surface area contributed by atoms with Gasteiger partial charge in [-0.1, -0.05) is 30.3 Å². The SMILES string of the molecule is CC(C)(C)OC(=O)N1C(O)CC[C@@H]1c1ccccc1. The fraction of sp³-hybridized carbons (Fsp3) is 0.533. The molecule has 4 heteroatoms. The van der Waals surface area contributed by atoms with Crippen LogP contribution in [0.25, 0.3) is 0 Å². The number of carbonyl (C=O) groups is 1. The van der Waals surface area contributed by atoms with Gasteiger partial charge in [0.05, 0.1) is 6.04 Å². The van der Waals surface area contributed by atoms with E-state index in [-0.39, 0.29) is 6.04 Å². The molecule has 0 aliphatic carbocycles. The Morgan fingerprint density at radius 3 is 2.47 bits per heavy atom. The van der Waals surface area contributed by atoms with Crippen molar-refractivity contribution in [2.24, 2.45) is 0 Å². The zero-order chi connectivity index (χ0) is 14.0. The molecule has 4 nitrogen and oxygen atoms in total. The Kier molecular flexibility index (Phi) is 3.80. The lowest BCUT2D eigenvalue weighted by Gasteiger charge is -2.30. The van der Waals surface area contributed by atoms with Crippen LogP contribution in [0.3, 0.4) is 0 Å². The van der Waals surface area contributed by atoms with Crippen LogP contribution in [0, 0.1) is 0 Å². The molecule has 1 aliphatic heterocycles. The van der Waals surface area contributed by atoms with Crippen LogP contribution in [0.4, 0.5) is 4.79 Å². The minimum atomic E-state index is -0.764. The van der Waals surface area contributed by atoms with Crippen molar-refractivity contribution in [1.29, 1.82) is 0 Å². The molecule has 1 unspecified atom stereocenters. The zero-order valence-corrected chi connectivity index (χ0v) is 11.7. The predicted octanol–water partition coefficient (Wildman–Crippen LogP) is 3.08. The molecule has 104 valence electrons. The van der Waals surface area contributed by atoms with Crippen molar-refractivity contribution in [2.45, 2.75) is 51.5 Å². The minimum absolute atomic E-state index is 0.106. The van der Waals surface area contributed by atoms with Gasteiger partial charge in [0.2, 0.25) is 0 Å². The molecule has 0 aromatic heterocycles. The number of aliphatic hydroxyl groups is 1. The number of nitrogens with zero attached hydrogens (tertiary/aromatic N) is 1. The molecule has 0 radical (unpaired) electrons. The van der Waals surface area contributed by atoms with Gasteiger partial charge in [-0.25, -0.2) is 4.79 Å². The quantitative estimate of drug-likeness (QED) is 0.847. The number of hydrogen-bond donors (Lipinski definition) is 1. The molecule has 1 fully saturated rings. The second kappa shape index (κ2) is 5.21. The topological polar surface area (TPSA) is 49.8 Å². The van der Waals surface area contributed by atoms with E-state index in [2.05, 4.69) is 0 Å². The van der Waals surface area contributed by atoms with Gasteiger partial charge in [0.1, 0.15) is 11.8 Å². The van der Waals surface area contributed by atoms with E-state index in [4.69, 9.17) is 4.74 Å². The van der Waals surface area contributed by atoms with Gasteiger partial charge in [0.25, 0.3) is 0 Å². The third-order valence-electron chi connectivity index (χ3n) is 3.14. The van der Waals surface area contributed by atoms with Gasteiger partial charge >= 0.3 is 6.09 Å². The van der Waals surface area contributed by atoms with Gasteiger partial charge in [-0.3, -0.25) is 4.90 Å². The summed E-state index contributed by atoms with van der Waals surface area (Å²) in [4.78, 5) is 13.6. The van der Waals surface area contributed by atoms with Crippen LogP contribution in [0.1, 0.15) is 45.2 Å². The number of benzene rings is 1. The highest BCUT2D eigenvalue weighted by Crippen LogP contribution is 2.36. The fourth-order valence-corrected chi connectivity index (χ4v) is 2.36. The first-order chi connectivity index (χ1) is 8.88. The van der Waals surface area contributed by atoms with Crippen LogP contribution >= 0.6 is 0 Å². The monoisotopic (exact) mass is 263 g/mol. The molecular weight excluding hydrogens is 242 g/mol. The molecule has 1 heterocycles. The van der Waals surface area contributed by atoms with Gasteiger partial charge < -0.3 is 9.84 Å². The number of rotatable bonds is 1. The van der Waals surface area contributed by atoms with Crippen LogP contribution < -0.4 is 0 Å². The molecule has 1 aromatic rings. The Morgan fingerprint density at radius 1 is 1.26 bits per heavy atom. The van der Waals surface area contributed by atoms with Crippen molar-refractivity contribution >= 4 is 6.09 Å². The predicted molar refractivity (Wildman–Crippen MR) is 72.5 cm³/mol. The third-order valence-corrected chi connectivity index (χ3v) is 3.14. The first-order valence-electron chi connectivity index (χ1n) is 6.63. The lowest BCUT2D eigenvalue weighted by atomic mass is 10.1. The first-order valence-corrected chi connectivity index (χ1v) is 6.63. The number of amides is 1. The highest BCUT2D eigenvalue weighted by Gasteiger charge is 2.38. The Morgan fingerprint density at radius 2 is 1.89 bits per heavy atom. The van der Waals surface area contributed by atoms with E-state index in [0.717, 1.165) is 12.0 Å². The summed E-state index contributed by atoms with van der Waals surface area (Å²) in [5.41, 5.74) is 0.477. The van der Waals surface area contributed by atoms with E-state index in [0.29, 0.717) is 6.42 Å². The van der Waals surface area contributed by atoms with E-state index < -0.39 is 17.9 Å². The molecule has 0 spiro atoms. The number of ether oxygens (including phenoxy) is 1. The van der Waals surface area contributed by atoms with Crippen molar-refractivity contribution in [2.75, 3.05) is 0 Å². The highest BCUT2D eigenvalue weighted by molar-refractivity contribution is 5.69. The molecule has 19 heavy (non-hydrogen) atoms. The lowest BCUT2D eigenvalue weighted by molar-refractivity contribution is -0.0246. The highest BCUT2D eigenvalue weighted by atomic mass is 16.6. The first kappa shape index (κ1) is 13.9. The molecule has 1 saturated heterocycles. The molecule has 0 bridgehead atoms. The Balaban J connectivity index is 2.19. The van der Waals surface area contributed by atoms with Crippen molar-refractivity contribution in [3.63, 3.8) is 0 Å². The van der Waals surface area contributed by atoms with E-state index in [1.165, 1.54) is 4.90 Å². The summed E-state index contributed by atoms with van der Waals surface area (Å²) in [6, 6.07) is 9.65. The second-order valence-electron chi connectivity index (χ2n) is 5.87. The molecular formula is C15H21NO3. The van der Waals surface area contributed by atoms with Crippen LogP contribution in [0.2, 0.25) is 0 Å². The van der Waals surface area contributed by atoms with Gasteiger partial charge in [0.15, 0.2) is 0 Å². The lowest BCUT2D eigenvalue weighted by Crippen LogP contribution is -2.41. The summed E-state index contributed by atoms with van der Waals surface area (Å²) in [6.07, 6.45) is 0.120. The summed E-state index contributed by atoms with van der Waals surface area (Å²) in [5.74, 6) is 0. The van der Waals surface area contributed by atoms with E-state index in [1.54, 1.807) is 0 Å². The van der Waals surface area contributed by atoms with Crippen LogP contribution in [0.5, 0.6) is 0 Å². The summed E-state index contributed by atoms with van der Waals surface area (Å²) in [6.45, 7) is 5.47. The normalized spacial score (nSPS) is 23.5. The molecule has 0 saturated carbocycles. The van der Waals surface area contributed by atoms with Gasteiger partial charge in [-0.05, 0) is 39.2 Å². The zero-order valence-electron chi connectivity index (χ0n) is 11.7. The second-order valence-corrected chi connectivity index (χ2v) is 5.87. The maximum Gasteiger partial charge on any atom is 0.412 e. The summed E-state index contributed by atoms with van der Waals surface area (Å²) in [7, 11) is 0. The Hall–Kier alpha value is -1.55. The molecule has 1 amide bonds. The number of carbonyl (C=O) groups excluding carboxylic acids is 1. The smallest absolute Gasteiger partial charge is 0.412 e.